The second kappa shape index (κ2) is 5.45. The van der Waals surface area contributed by atoms with E-state index in [9.17, 15) is 4.79 Å². The van der Waals surface area contributed by atoms with Crippen molar-refractivity contribution >= 4 is 22.4 Å². The molecule has 0 fully saturated rings. The lowest BCUT2D eigenvalue weighted by atomic mass is 10.1. The number of rotatable bonds is 5. The van der Waals surface area contributed by atoms with Crippen molar-refractivity contribution in [3.05, 3.63) is 47.0 Å². The highest BCUT2D eigenvalue weighted by Crippen LogP contribution is 2.11. The van der Waals surface area contributed by atoms with Crippen LogP contribution in [0.4, 0.5) is 5.13 Å². The Balaban J connectivity index is 1.90. The Morgan fingerprint density at radius 1 is 1.47 bits per heavy atom. The van der Waals surface area contributed by atoms with Gasteiger partial charge in [0.25, 0.3) is 0 Å². The van der Waals surface area contributed by atoms with Crippen LogP contribution in [-0.2, 0) is 6.42 Å². The zero-order valence-electron chi connectivity index (χ0n) is 9.09. The normalized spacial score (nSPS) is 10.1. The van der Waals surface area contributed by atoms with Crippen LogP contribution in [0.1, 0.15) is 15.9 Å². The summed E-state index contributed by atoms with van der Waals surface area (Å²) in [7, 11) is 0. The van der Waals surface area contributed by atoms with E-state index in [1.54, 1.807) is 35.7 Å². The molecule has 2 rings (SSSR count). The van der Waals surface area contributed by atoms with E-state index in [0.29, 0.717) is 5.56 Å². The summed E-state index contributed by atoms with van der Waals surface area (Å²) in [6, 6.07) is 6.99. The van der Waals surface area contributed by atoms with Crippen LogP contribution in [0.2, 0.25) is 0 Å². The van der Waals surface area contributed by atoms with Gasteiger partial charge in [-0.25, -0.2) is 9.78 Å². The van der Waals surface area contributed by atoms with E-state index in [2.05, 4.69) is 10.3 Å². The fraction of sp³-hybridized carbons (Fsp3) is 0.167. The number of anilines is 1. The lowest BCUT2D eigenvalue weighted by Crippen LogP contribution is -2.05. The quantitative estimate of drug-likeness (QED) is 0.853. The predicted octanol–water partition coefficient (Wildman–Crippen LogP) is 2.50. The highest BCUT2D eigenvalue weighted by molar-refractivity contribution is 7.13. The Labute approximate surface area is 103 Å². The number of carboxylic acids is 1. The molecule has 1 aromatic heterocycles. The molecule has 0 aliphatic carbocycles. The molecule has 0 spiro atoms. The number of hydrogen-bond acceptors (Lipinski definition) is 4. The van der Waals surface area contributed by atoms with Gasteiger partial charge in [0.15, 0.2) is 5.13 Å². The maximum atomic E-state index is 10.8. The molecule has 0 radical (unpaired) electrons. The fourth-order valence-electron chi connectivity index (χ4n) is 1.48. The van der Waals surface area contributed by atoms with Crippen molar-refractivity contribution in [2.75, 3.05) is 11.9 Å². The third-order valence-corrected chi connectivity index (χ3v) is 3.03. The Hall–Kier alpha value is -1.88. The summed E-state index contributed by atoms with van der Waals surface area (Å²) in [5.41, 5.74) is 1.34. The van der Waals surface area contributed by atoms with Gasteiger partial charge in [0.1, 0.15) is 0 Å². The molecule has 1 aromatic carbocycles. The van der Waals surface area contributed by atoms with Crippen LogP contribution < -0.4 is 5.32 Å². The number of carboxylic acid groups (broad SMARTS) is 1. The predicted molar refractivity (Wildman–Crippen MR) is 67.7 cm³/mol. The third kappa shape index (κ3) is 3.29. The lowest BCUT2D eigenvalue weighted by molar-refractivity contribution is 0.0697. The molecule has 0 saturated carbocycles. The Morgan fingerprint density at radius 3 is 3.06 bits per heavy atom. The van der Waals surface area contributed by atoms with Crippen LogP contribution >= 0.6 is 11.3 Å². The molecular formula is C12H12N2O2S. The number of thiazole rings is 1. The van der Waals surface area contributed by atoms with Crippen molar-refractivity contribution in [2.24, 2.45) is 0 Å². The molecule has 88 valence electrons. The molecule has 0 atom stereocenters. The van der Waals surface area contributed by atoms with Crippen LogP contribution in [0.5, 0.6) is 0 Å². The average Bonchev–Trinajstić information content (AvgIpc) is 2.82. The molecule has 17 heavy (non-hydrogen) atoms. The van der Waals surface area contributed by atoms with Gasteiger partial charge in [-0.1, -0.05) is 12.1 Å². The number of carbonyl (C=O) groups is 1. The first-order valence-electron chi connectivity index (χ1n) is 5.21. The molecule has 2 aromatic rings. The van der Waals surface area contributed by atoms with Gasteiger partial charge in [-0.2, -0.15) is 0 Å². The molecular weight excluding hydrogens is 236 g/mol. The minimum absolute atomic E-state index is 0.330. The number of aromatic nitrogens is 1. The summed E-state index contributed by atoms with van der Waals surface area (Å²) in [5, 5.41) is 14.8. The first-order valence-corrected chi connectivity index (χ1v) is 6.09. The molecule has 0 unspecified atom stereocenters. The molecule has 0 bridgehead atoms. The van der Waals surface area contributed by atoms with Crippen molar-refractivity contribution in [1.29, 1.82) is 0 Å². The van der Waals surface area contributed by atoms with Crippen molar-refractivity contribution in [2.45, 2.75) is 6.42 Å². The summed E-state index contributed by atoms with van der Waals surface area (Å²) in [4.78, 5) is 14.9. The van der Waals surface area contributed by atoms with Crippen LogP contribution in [0, 0.1) is 0 Å². The highest BCUT2D eigenvalue weighted by atomic mass is 32.1. The largest absolute Gasteiger partial charge is 0.478 e. The Kier molecular flexibility index (Phi) is 3.72. The summed E-state index contributed by atoms with van der Waals surface area (Å²) in [6.45, 7) is 0.747. The monoisotopic (exact) mass is 248 g/mol. The number of nitrogens with zero attached hydrogens (tertiary/aromatic N) is 1. The standard InChI is InChI=1S/C12H12N2O2S/c15-11(16)10-3-1-2-9(8-10)4-5-13-12-14-6-7-17-12/h1-3,6-8H,4-5H2,(H,13,14)(H,15,16). The van der Waals surface area contributed by atoms with E-state index in [-0.39, 0.29) is 0 Å². The van der Waals surface area contributed by atoms with Gasteiger partial charge in [0.2, 0.25) is 0 Å². The first-order chi connectivity index (χ1) is 8.25. The molecule has 0 saturated heterocycles. The van der Waals surface area contributed by atoms with Crippen LogP contribution in [-0.4, -0.2) is 22.6 Å². The average molecular weight is 248 g/mol. The molecule has 5 heteroatoms. The SMILES string of the molecule is O=C(O)c1cccc(CCNc2nccs2)c1. The summed E-state index contributed by atoms with van der Waals surface area (Å²) in [6.07, 6.45) is 2.53. The van der Waals surface area contributed by atoms with E-state index < -0.39 is 5.97 Å². The maximum Gasteiger partial charge on any atom is 0.335 e. The van der Waals surface area contributed by atoms with Crippen LogP contribution in [0.25, 0.3) is 0 Å². The smallest absolute Gasteiger partial charge is 0.335 e. The van der Waals surface area contributed by atoms with Gasteiger partial charge in [0.05, 0.1) is 5.56 Å². The van der Waals surface area contributed by atoms with Gasteiger partial charge in [-0.05, 0) is 24.1 Å². The van der Waals surface area contributed by atoms with Crippen molar-refractivity contribution < 1.29 is 9.90 Å². The fourth-order valence-corrected chi connectivity index (χ4v) is 2.04. The van der Waals surface area contributed by atoms with Gasteiger partial charge >= 0.3 is 5.97 Å². The molecule has 0 aliphatic rings. The van der Waals surface area contributed by atoms with Crippen LogP contribution in [0.15, 0.2) is 35.8 Å². The molecule has 0 amide bonds. The van der Waals surface area contributed by atoms with E-state index in [0.717, 1.165) is 23.7 Å². The molecule has 1 heterocycles. The van der Waals surface area contributed by atoms with E-state index >= 15 is 0 Å². The lowest BCUT2D eigenvalue weighted by Gasteiger charge is -2.04. The van der Waals surface area contributed by atoms with Crippen molar-refractivity contribution in [3.8, 4) is 0 Å². The minimum atomic E-state index is -0.889. The first kappa shape index (κ1) is 11.6. The van der Waals surface area contributed by atoms with Gasteiger partial charge in [-0.15, -0.1) is 11.3 Å². The number of hydrogen-bond donors (Lipinski definition) is 2. The summed E-state index contributed by atoms with van der Waals surface area (Å²) in [5.74, 6) is -0.889. The van der Waals surface area contributed by atoms with Gasteiger partial charge in [-0.3, -0.25) is 0 Å². The zero-order chi connectivity index (χ0) is 12.1. The zero-order valence-corrected chi connectivity index (χ0v) is 9.91. The molecule has 4 nitrogen and oxygen atoms in total. The molecule has 0 aliphatic heterocycles. The van der Waals surface area contributed by atoms with Crippen molar-refractivity contribution in [1.82, 2.24) is 4.98 Å². The van der Waals surface area contributed by atoms with Crippen molar-refractivity contribution in [3.63, 3.8) is 0 Å². The second-order valence-corrected chi connectivity index (χ2v) is 4.41. The van der Waals surface area contributed by atoms with Gasteiger partial charge < -0.3 is 10.4 Å². The molecule has 2 N–H and O–H groups in total. The number of nitrogens with one attached hydrogen (secondary N) is 1. The number of aromatic carboxylic acids is 1. The van der Waals surface area contributed by atoms with Gasteiger partial charge in [0, 0.05) is 18.1 Å². The van der Waals surface area contributed by atoms with Crippen LogP contribution in [0.3, 0.4) is 0 Å². The van der Waals surface area contributed by atoms with E-state index in [1.807, 2.05) is 11.4 Å². The second-order valence-electron chi connectivity index (χ2n) is 3.52. The topological polar surface area (TPSA) is 62.2 Å². The third-order valence-electron chi connectivity index (χ3n) is 2.30. The van der Waals surface area contributed by atoms with E-state index in [4.69, 9.17) is 5.11 Å². The Bertz CT molecular complexity index is 497. The van der Waals surface area contributed by atoms with E-state index in [1.165, 1.54) is 0 Å². The summed E-state index contributed by atoms with van der Waals surface area (Å²) < 4.78 is 0. The number of benzene rings is 1. The minimum Gasteiger partial charge on any atom is -0.478 e. The Morgan fingerprint density at radius 2 is 2.35 bits per heavy atom. The summed E-state index contributed by atoms with van der Waals surface area (Å²) >= 11 is 1.55. The maximum absolute atomic E-state index is 10.8. The highest BCUT2D eigenvalue weighted by Gasteiger charge is 2.03.